The molecule has 14 heavy (non-hydrogen) atoms. The summed E-state index contributed by atoms with van der Waals surface area (Å²) in [6, 6.07) is 12.6. The highest BCUT2D eigenvalue weighted by Crippen LogP contribution is 2.23. The van der Waals surface area contributed by atoms with Gasteiger partial charge >= 0.3 is 0 Å². The first-order chi connectivity index (χ1) is 6.86. The van der Waals surface area contributed by atoms with Gasteiger partial charge in [0.25, 0.3) is 0 Å². The molecule has 0 unspecified atom stereocenters. The molecule has 3 aromatic rings. The van der Waals surface area contributed by atoms with E-state index in [1.54, 1.807) is 0 Å². The summed E-state index contributed by atoms with van der Waals surface area (Å²) < 4.78 is 2.04. The lowest BCUT2D eigenvalue weighted by Gasteiger charge is -1.98. The molecule has 1 aromatic heterocycles. The third-order valence-corrected chi connectivity index (χ3v) is 2.62. The van der Waals surface area contributed by atoms with Crippen LogP contribution in [0, 0.1) is 0 Å². The van der Waals surface area contributed by atoms with Gasteiger partial charge in [0.05, 0.1) is 17.4 Å². The minimum absolute atomic E-state index is 1.09. The third kappa shape index (κ3) is 0.880. The van der Waals surface area contributed by atoms with Crippen molar-refractivity contribution in [2.45, 2.75) is 0 Å². The van der Waals surface area contributed by atoms with Crippen molar-refractivity contribution >= 4 is 21.8 Å². The summed E-state index contributed by atoms with van der Waals surface area (Å²) >= 11 is 0. The number of benzene rings is 2. The van der Waals surface area contributed by atoms with Gasteiger partial charge in [-0.3, -0.25) is 0 Å². The molecule has 0 radical (unpaired) electrons. The number of imidazole rings is 1. The number of aryl methyl sites for hydroxylation is 1. The van der Waals surface area contributed by atoms with Crippen LogP contribution in [0.25, 0.3) is 21.8 Å². The molecule has 0 saturated carbocycles. The molecule has 0 spiro atoms. The molecular weight excluding hydrogens is 172 g/mol. The van der Waals surface area contributed by atoms with E-state index in [0.717, 1.165) is 5.52 Å². The smallest absolute Gasteiger partial charge is 0.0962 e. The summed E-state index contributed by atoms with van der Waals surface area (Å²) in [5.41, 5.74) is 2.27. The lowest BCUT2D eigenvalue weighted by atomic mass is 10.1. The van der Waals surface area contributed by atoms with Crippen LogP contribution in [-0.4, -0.2) is 9.55 Å². The molecule has 2 nitrogen and oxygen atoms in total. The molecule has 2 aromatic carbocycles. The van der Waals surface area contributed by atoms with E-state index < -0.39 is 0 Å². The zero-order chi connectivity index (χ0) is 9.54. The highest BCUT2D eigenvalue weighted by atomic mass is 15.0. The average molecular weight is 182 g/mol. The second-order valence-electron chi connectivity index (χ2n) is 3.51. The van der Waals surface area contributed by atoms with E-state index in [1.807, 2.05) is 17.9 Å². The lowest BCUT2D eigenvalue weighted by molar-refractivity contribution is 0.948. The van der Waals surface area contributed by atoms with Gasteiger partial charge < -0.3 is 4.57 Å². The normalized spacial score (nSPS) is 11.2. The molecular formula is C12H10N2. The van der Waals surface area contributed by atoms with Crippen LogP contribution in [-0.2, 0) is 7.05 Å². The van der Waals surface area contributed by atoms with Gasteiger partial charge in [-0.25, -0.2) is 4.98 Å². The molecule has 0 N–H and O–H groups in total. The fourth-order valence-electron chi connectivity index (χ4n) is 1.87. The Labute approximate surface area is 81.8 Å². The largest absolute Gasteiger partial charge is 0.334 e. The second-order valence-corrected chi connectivity index (χ2v) is 3.51. The molecule has 0 aliphatic heterocycles. The van der Waals surface area contributed by atoms with Crippen LogP contribution >= 0.6 is 0 Å². The molecule has 1 heterocycles. The fraction of sp³-hybridized carbons (Fsp3) is 0.0833. The van der Waals surface area contributed by atoms with Crippen LogP contribution in [0.15, 0.2) is 42.7 Å². The van der Waals surface area contributed by atoms with E-state index in [4.69, 9.17) is 0 Å². The summed E-state index contributed by atoms with van der Waals surface area (Å²) in [7, 11) is 2.02. The summed E-state index contributed by atoms with van der Waals surface area (Å²) in [5.74, 6) is 0. The Morgan fingerprint density at radius 1 is 1.07 bits per heavy atom. The Balaban J connectivity index is 2.61. The highest BCUT2D eigenvalue weighted by Gasteiger charge is 2.02. The quantitative estimate of drug-likeness (QED) is 0.522. The topological polar surface area (TPSA) is 17.8 Å². The van der Waals surface area contributed by atoms with Gasteiger partial charge in [-0.2, -0.15) is 0 Å². The predicted molar refractivity (Wildman–Crippen MR) is 58.2 cm³/mol. The number of hydrogen-bond acceptors (Lipinski definition) is 1. The Hall–Kier alpha value is -1.83. The molecule has 0 fully saturated rings. The van der Waals surface area contributed by atoms with Crippen molar-refractivity contribution in [3.05, 3.63) is 42.7 Å². The van der Waals surface area contributed by atoms with Crippen LogP contribution in [0.3, 0.4) is 0 Å². The maximum atomic E-state index is 4.41. The Kier molecular flexibility index (Phi) is 1.39. The van der Waals surface area contributed by atoms with Gasteiger partial charge in [-0.1, -0.05) is 30.3 Å². The van der Waals surface area contributed by atoms with E-state index in [-0.39, 0.29) is 0 Å². The van der Waals surface area contributed by atoms with Crippen LogP contribution < -0.4 is 0 Å². The summed E-state index contributed by atoms with van der Waals surface area (Å²) in [6.45, 7) is 0. The van der Waals surface area contributed by atoms with Gasteiger partial charge in [0.1, 0.15) is 0 Å². The zero-order valence-corrected chi connectivity index (χ0v) is 7.94. The van der Waals surface area contributed by atoms with Crippen LogP contribution in [0.2, 0.25) is 0 Å². The SMILES string of the molecule is Cn1cnc2c3ccccc3ccc21. The van der Waals surface area contributed by atoms with Crippen molar-refractivity contribution < 1.29 is 0 Å². The van der Waals surface area contributed by atoms with Crippen molar-refractivity contribution in [2.75, 3.05) is 0 Å². The van der Waals surface area contributed by atoms with Crippen LogP contribution in [0.1, 0.15) is 0 Å². The molecule has 0 atom stereocenters. The summed E-state index contributed by atoms with van der Waals surface area (Å²) in [5, 5.41) is 2.48. The monoisotopic (exact) mass is 182 g/mol. The molecule has 0 aliphatic rings. The van der Waals surface area contributed by atoms with Crippen molar-refractivity contribution in [2.24, 2.45) is 7.05 Å². The van der Waals surface area contributed by atoms with E-state index >= 15 is 0 Å². The van der Waals surface area contributed by atoms with Crippen molar-refractivity contribution in [3.8, 4) is 0 Å². The fourth-order valence-corrected chi connectivity index (χ4v) is 1.87. The molecule has 0 amide bonds. The molecule has 0 saturated heterocycles. The first-order valence-electron chi connectivity index (χ1n) is 4.65. The third-order valence-electron chi connectivity index (χ3n) is 2.62. The van der Waals surface area contributed by atoms with E-state index in [9.17, 15) is 0 Å². The maximum absolute atomic E-state index is 4.41. The lowest BCUT2D eigenvalue weighted by Crippen LogP contribution is -1.83. The molecule has 68 valence electrons. The number of rotatable bonds is 0. The van der Waals surface area contributed by atoms with E-state index in [1.165, 1.54) is 16.3 Å². The molecule has 0 aliphatic carbocycles. The van der Waals surface area contributed by atoms with Crippen molar-refractivity contribution in [1.29, 1.82) is 0 Å². The molecule has 2 heteroatoms. The Bertz CT molecular complexity index is 608. The van der Waals surface area contributed by atoms with E-state index in [0.29, 0.717) is 0 Å². The van der Waals surface area contributed by atoms with Crippen molar-refractivity contribution in [1.82, 2.24) is 9.55 Å². The highest BCUT2D eigenvalue weighted by molar-refractivity contribution is 6.04. The van der Waals surface area contributed by atoms with Gasteiger partial charge in [0.15, 0.2) is 0 Å². The minimum Gasteiger partial charge on any atom is -0.334 e. The first kappa shape index (κ1) is 7.56. The Morgan fingerprint density at radius 2 is 1.93 bits per heavy atom. The summed E-state index contributed by atoms with van der Waals surface area (Å²) in [6.07, 6.45) is 1.86. The first-order valence-corrected chi connectivity index (χ1v) is 4.65. The van der Waals surface area contributed by atoms with Gasteiger partial charge in [0, 0.05) is 12.4 Å². The minimum atomic E-state index is 1.09. The second kappa shape index (κ2) is 2.58. The van der Waals surface area contributed by atoms with E-state index in [2.05, 4.69) is 41.4 Å². The molecule has 3 rings (SSSR count). The number of fused-ring (bicyclic) bond motifs is 3. The summed E-state index contributed by atoms with van der Waals surface area (Å²) in [4.78, 5) is 4.41. The van der Waals surface area contributed by atoms with Gasteiger partial charge in [0.2, 0.25) is 0 Å². The van der Waals surface area contributed by atoms with Gasteiger partial charge in [-0.15, -0.1) is 0 Å². The molecule has 0 bridgehead atoms. The van der Waals surface area contributed by atoms with Crippen LogP contribution in [0.4, 0.5) is 0 Å². The maximum Gasteiger partial charge on any atom is 0.0962 e. The van der Waals surface area contributed by atoms with Crippen molar-refractivity contribution in [3.63, 3.8) is 0 Å². The standard InChI is InChI=1S/C12H10N2/c1-14-8-13-12-10-5-3-2-4-9(10)6-7-11(12)14/h2-8H,1H3. The van der Waals surface area contributed by atoms with Gasteiger partial charge in [-0.05, 0) is 11.5 Å². The predicted octanol–water partition coefficient (Wildman–Crippen LogP) is 2.73. The average Bonchev–Trinajstić information content (AvgIpc) is 2.61. The number of hydrogen-bond donors (Lipinski definition) is 0. The number of nitrogens with zero attached hydrogens (tertiary/aromatic N) is 2. The number of aromatic nitrogens is 2. The zero-order valence-electron chi connectivity index (χ0n) is 7.94. The van der Waals surface area contributed by atoms with Crippen LogP contribution in [0.5, 0.6) is 0 Å². The Morgan fingerprint density at radius 3 is 2.86 bits per heavy atom.